The molecule has 2 heteroatoms. The van der Waals surface area contributed by atoms with Crippen LogP contribution in [0, 0.1) is 11.8 Å². The highest BCUT2D eigenvalue weighted by atomic mass is 16.1. The fourth-order valence-corrected chi connectivity index (χ4v) is 1.35. The highest BCUT2D eigenvalue weighted by Gasteiger charge is 2.23. The van der Waals surface area contributed by atoms with Gasteiger partial charge in [-0.3, -0.25) is 4.79 Å². The lowest BCUT2D eigenvalue weighted by Gasteiger charge is -2.30. The quantitative estimate of drug-likeness (QED) is 0.714. The SMILES string of the molecule is CC[CH]C(=O)NC(CC)C(C)(C)C. The molecule has 1 unspecified atom stereocenters. The van der Waals surface area contributed by atoms with Gasteiger partial charge < -0.3 is 5.32 Å². The van der Waals surface area contributed by atoms with Crippen LogP contribution in [0.25, 0.3) is 0 Å². The third kappa shape index (κ3) is 4.91. The minimum atomic E-state index is 0.0595. The fourth-order valence-electron chi connectivity index (χ4n) is 1.35. The molecule has 0 heterocycles. The molecule has 0 aliphatic carbocycles. The highest BCUT2D eigenvalue weighted by Crippen LogP contribution is 2.21. The second-order valence-corrected chi connectivity index (χ2v) is 4.45. The number of nitrogens with one attached hydrogen (secondary N) is 1. The molecule has 1 radical (unpaired) electrons. The zero-order valence-electron chi connectivity index (χ0n) is 9.48. The van der Waals surface area contributed by atoms with Crippen LogP contribution < -0.4 is 5.32 Å². The average Bonchev–Trinajstić information content (AvgIpc) is 1.98. The van der Waals surface area contributed by atoms with Crippen LogP contribution in [-0.2, 0) is 4.79 Å². The lowest BCUT2D eigenvalue weighted by molar-refractivity contribution is -0.119. The number of hydrogen-bond acceptors (Lipinski definition) is 1. The van der Waals surface area contributed by atoms with Gasteiger partial charge in [-0.05, 0) is 18.3 Å². The summed E-state index contributed by atoms with van der Waals surface area (Å²) in [6.45, 7) is 10.5. The highest BCUT2D eigenvalue weighted by molar-refractivity contribution is 5.84. The zero-order valence-corrected chi connectivity index (χ0v) is 9.48. The summed E-state index contributed by atoms with van der Waals surface area (Å²) in [6, 6.07) is 0.266. The second kappa shape index (κ2) is 5.25. The topological polar surface area (TPSA) is 29.1 Å². The molecule has 0 spiro atoms. The summed E-state index contributed by atoms with van der Waals surface area (Å²) < 4.78 is 0. The van der Waals surface area contributed by atoms with E-state index in [4.69, 9.17) is 0 Å². The third-order valence-corrected chi connectivity index (χ3v) is 2.16. The minimum absolute atomic E-state index is 0.0595. The van der Waals surface area contributed by atoms with Gasteiger partial charge in [-0.2, -0.15) is 0 Å². The molecule has 1 N–H and O–H groups in total. The molecule has 13 heavy (non-hydrogen) atoms. The number of amides is 1. The van der Waals surface area contributed by atoms with Gasteiger partial charge in [0.25, 0.3) is 0 Å². The van der Waals surface area contributed by atoms with Crippen molar-refractivity contribution in [3.63, 3.8) is 0 Å². The van der Waals surface area contributed by atoms with E-state index >= 15 is 0 Å². The van der Waals surface area contributed by atoms with Gasteiger partial charge in [0.05, 0.1) is 0 Å². The van der Waals surface area contributed by atoms with Crippen LogP contribution in [0.1, 0.15) is 47.5 Å². The Morgan fingerprint density at radius 1 is 1.38 bits per heavy atom. The van der Waals surface area contributed by atoms with Crippen molar-refractivity contribution in [2.24, 2.45) is 5.41 Å². The summed E-state index contributed by atoms with van der Waals surface area (Å²) >= 11 is 0. The molecular weight excluding hydrogens is 162 g/mol. The number of carbonyl (C=O) groups excluding carboxylic acids is 1. The summed E-state index contributed by atoms with van der Waals surface area (Å²) in [6.07, 6.45) is 3.47. The van der Waals surface area contributed by atoms with Crippen LogP contribution in [0.3, 0.4) is 0 Å². The van der Waals surface area contributed by atoms with E-state index < -0.39 is 0 Å². The van der Waals surface area contributed by atoms with Crippen LogP contribution in [0.2, 0.25) is 0 Å². The summed E-state index contributed by atoms with van der Waals surface area (Å²) in [5.41, 5.74) is 0.145. The van der Waals surface area contributed by atoms with E-state index in [2.05, 4.69) is 33.0 Å². The Morgan fingerprint density at radius 3 is 2.23 bits per heavy atom. The summed E-state index contributed by atoms with van der Waals surface area (Å²) in [4.78, 5) is 11.3. The van der Waals surface area contributed by atoms with E-state index in [0.29, 0.717) is 0 Å². The van der Waals surface area contributed by atoms with Gasteiger partial charge in [0.2, 0.25) is 5.91 Å². The minimum Gasteiger partial charge on any atom is -0.353 e. The van der Waals surface area contributed by atoms with Crippen molar-refractivity contribution in [2.45, 2.75) is 53.5 Å². The van der Waals surface area contributed by atoms with Crippen LogP contribution in [0.4, 0.5) is 0 Å². The van der Waals surface area contributed by atoms with Crippen LogP contribution >= 0.6 is 0 Å². The monoisotopic (exact) mass is 184 g/mol. The first-order valence-electron chi connectivity index (χ1n) is 5.05. The van der Waals surface area contributed by atoms with Gasteiger partial charge in [0.15, 0.2) is 0 Å². The van der Waals surface area contributed by atoms with E-state index in [1.165, 1.54) is 0 Å². The Kier molecular flexibility index (Phi) is 5.04. The molecule has 0 saturated heterocycles. The van der Waals surface area contributed by atoms with Crippen molar-refractivity contribution in [2.75, 3.05) is 0 Å². The maximum absolute atomic E-state index is 11.3. The molecule has 0 aromatic rings. The molecule has 0 bridgehead atoms. The smallest absolute Gasteiger partial charge is 0.224 e. The Balaban J connectivity index is 4.06. The van der Waals surface area contributed by atoms with Crippen LogP contribution in [0.15, 0.2) is 0 Å². The summed E-state index contributed by atoms with van der Waals surface area (Å²) in [5.74, 6) is 0.0595. The lowest BCUT2D eigenvalue weighted by atomic mass is 9.85. The van der Waals surface area contributed by atoms with Crippen molar-refractivity contribution in [3.8, 4) is 0 Å². The average molecular weight is 184 g/mol. The van der Waals surface area contributed by atoms with Gasteiger partial charge in [-0.25, -0.2) is 0 Å². The van der Waals surface area contributed by atoms with Gasteiger partial charge in [0, 0.05) is 12.5 Å². The van der Waals surface area contributed by atoms with Crippen molar-refractivity contribution in [3.05, 3.63) is 6.42 Å². The van der Waals surface area contributed by atoms with E-state index in [9.17, 15) is 4.79 Å². The van der Waals surface area contributed by atoms with Crippen molar-refractivity contribution in [1.29, 1.82) is 0 Å². The molecule has 1 atom stereocenters. The Labute approximate surface area is 82.1 Å². The molecule has 77 valence electrons. The summed E-state index contributed by atoms with van der Waals surface area (Å²) in [7, 11) is 0. The van der Waals surface area contributed by atoms with Crippen LogP contribution in [0.5, 0.6) is 0 Å². The van der Waals surface area contributed by atoms with Crippen molar-refractivity contribution >= 4 is 5.91 Å². The first kappa shape index (κ1) is 12.5. The van der Waals surface area contributed by atoms with Crippen molar-refractivity contribution in [1.82, 2.24) is 5.32 Å². The number of rotatable bonds is 4. The first-order valence-corrected chi connectivity index (χ1v) is 5.05. The van der Waals surface area contributed by atoms with Gasteiger partial charge in [-0.15, -0.1) is 0 Å². The van der Waals surface area contributed by atoms with Crippen molar-refractivity contribution < 1.29 is 4.79 Å². The lowest BCUT2D eigenvalue weighted by Crippen LogP contribution is -2.43. The molecule has 1 amide bonds. The van der Waals surface area contributed by atoms with E-state index in [0.717, 1.165) is 12.8 Å². The zero-order chi connectivity index (χ0) is 10.5. The Bertz CT molecular complexity index is 158. The molecule has 0 aliphatic rings. The molecule has 0 aliphatic heterocycles. The molecule has 0 aromatic heterocycles. The molecule has 0 aromatic carbocycles. The predicted molar refractivity (Wildman–Crippen MR) is 56.3 cm³/mol. The maximum atomic E-state index is 11.3. The number of hydrogen-bond donors (Lipinski definition) is 1. The normalized spacial score (nSPS) is 13.9. The first-order chi connectivity index (χ1) is 5.91. The van der Waals surface area contributed by atoms with Gasteiger partial charge in [0.1, 0.15) is 0 Å². The van der Waals surface area contributed by atoms with E-state index in [1.807, 2.05) is 6.92 Å². The largest absolute Gasteiger partial charge is 0.353 e. The standard InChI is InChI=1S/C11H22NO/c1-6-8-10(13)12-9(7-2)11(3,4)5/h8-9H,6-7H2,1-5H3,(H,12,13). The maximum Gasteiger partial charge on any atom is 0.224 e. The molecule has 2 nitrogen and oxygen atoms in total. The predicted octanol–water partition coefficient (Wildman–Crippen LogP) is 2.54. The van der Waals surface area contributed by atoms with Gasteiger partial charge in [-0.1, -0.05) is 34.6 Å². The summed E-state index contributed by atoms with van der Waals surface area (Å²) in [5, 5.41) is 3.01. The van der Waals surface area contributed by atoms with E-state index in [-0.39, 0.29) is 17.4 Å². The molecular formula is C11H22NO. The molecule has 0 fully saturated rings. The Morgan fingerprint density at radius 2 is 1.92 bits per heavy atom. The Hall–Kier alpha value is -0.530. The van der Waals surface area contributed by atoms with Gasteiger partial charge >= 0.3 is 0 Å². The molecule has 0 rings (SSSR count). The third-order valence-electron chi connectivity index (χ3n) is 2.16. The molecule has 0 saturated carbocycles. The van der Waals surface area contributed by atoms with Crippen LogP contribution in [-0.4, -0.2) is 11.9 Å². The second-order valence-electron chi connectivity index (χ2n) is 4.45. The van der Waals surface area contributed by atoms with E-state index in [1.54, 1.807) is 6.42 Å². The number of carbonyl (C=O) groups is 1. The fraction of sp³-hybridized carbons (Fsp3) is 0.818.